The number of carbonyl (C=O) groups excluding carboxylic acids is 1. The number of piperazine rings is 1. The van der Waals surface area contributed by atoms with Gasteiger partial charge < -0.3 is 10.2 Å². The molecule has 1 unspecified atom stereocenters. The zero-order chi connectivity index (χ0) is 16.2. The lowest BCUT2D eigenvalue weighted by atomic mass is 10.0. The third kappa shape index (κ3) is 4.71. The van der Waals surface area contributed by atoms with E-state index in [4.69, 9.17) is 0 Å². The summed E-state index contributed by atoms with van der Waals surface area (Å²) in [7, 11) is 0. The first-order chi connectivity index (χ1) is 11.1. The van der Waals surface area contributed by atoms with Gasteiger partial charge >= 0.3 is 0 Å². The topological polar surface area (TPSA) is 35.6 Å². The number of hydrogen-bond donors (Lipinski definition) is 1. The Morgan fingerprint density at radius 3 is 2.67 bits per heavy atom. The van der Waals surface area contributed by atoms with Crippen molar-refractivity contribution >= 4 is 18.3 Å². The Morgan fingerprint density at radius 1 is 1.21 bits per heavy atom. The van der Waals surface area contributed by atoms with E-state index in [0.29, 0.717) is 18.4 Å². The first-order valence-corrected chi connectivity index (χ1v) is 8.92. The van der Waals surface area contributed by atoms with Crippen molar-refractivity contribution in [2.45, 2.75) is 39.2 Å². The van der Waals surface area contributed by atoms with Crippen LogP contribution in [-0.2, 0) is 11.2 Å². The smallest absolute Gasteiger partial charge is 0.222 e. The largest absolute Gasteiger partial charge is 0.341 e. The molecule has 0 radical (unpaired) electrons. The van der Waals surface area contributed by atoms with E-state index in [9.17, 15) is 4.79 Å². The Bertz CT molecular complexity index is 558. The molecule has 5 heteroatoms. The fourth-order valence-corrected chi connectivity index (χ4v) is 3.84. The fraction of sp³-hybridized carbons (Fsp3) is 0.632. The predicted octanol–water partition coefficient (Wildman–Crippen LogP) is 2.16. The number of nitrogens with zero attached hydrogens (tertiary/aromatic N) is 2. The van der Waals surface area contributed by atoms with E-state index in [1.165, 1.54) is 16.7 Å². The number of benzene rings is 1. The second kappa shape index (κ2) is 8.84. The van der Waals surface area contributed by atoms with Crippen LogP contribution in [-0.4, -0.2) is 61.0 Å². The second-order valence-corrected chi connectivity index (χ2v) is 7.00. The van der Waals surface area contributed by atoms with Crippen molar-refractivity contribution in [2.24, 2.45) is 0 Å². The van der Waals surface area contributed by atoms with Gasteiger partial charge in [0.05, 0.1) is 0 Å². The minimum absolute atomic E-state index is 0. The molecular weight excluding hydrogens is 322 g/mol. The van der Waals surface area contributed by atoms with Gasteiger partial charge in [0.2, 0.25) is 5.91 Å². The summed E-state index contributed by atoms with van der Waals surface area (Å²) in [5.74, 6) is 0.322. The van der Waals surface area contributed by atoms with Crippen LogP contribution in [0.2, 0.25) is 0 Å². The maximum atomic E-state index is 12.5. The van der Waals surface area contributed by atoms with Crippen LogP contribution in [0, 0.1) is 13.8 Å². The maximum absolute atomic E-state index is 12.5. The van der Waals surface area contributed by atoms with Gasteiger partial charge in [0.15, 0.2) is 0 Å². The number of rotatable bonds is 4. The van der Waals surface area contributed by atoms with E-state index in [1.54, 1.807) is 0 Å². The molecule has 2 fully saturated rings. The summed E-state index contributed by atoms with van der Waals surface area (Å²) in [6.45, 7) is 10.5. The molecule has 2 saturated heterocycles. The third-order valence-electron chi connectivity index (χ3n) is 5.29. The average molecular weight is 352 g/mol. The Morgan fingerprint density at radius 2 is 1.96 bits per heavy atom. The summed E-state index contributed by atoms with van der Waals surface area (Å²) in [5.41, 5.74) is 3.90. The van der Waals surface area contributed by atoms with Crippen molar-refractivity contribution in [1.82, 2.24) is 15.1 Å². The minimum atomic E-state index is 0. The zero-order valence-electron chi connectivity index (χ0n) is 14.9. The van der Waals surface area contributed by atoms with Crippen LogP contribution < -0.4 is 5.32 Å². The Hall–Kier alpha value is -1.10. The monoisotopic (exact) mass is 351 g/mol. The highest BCUT2D eigenvalue weighted by Gasteiger charge is 2.30. The summed E-state index contributed by atoms with van der Waals surface area (Å²) in [5, 5.41) is 3.40. The molecule has 0 spiro atoms. The molecule has 2 aliphatic heterocycles. The number of nitrogens with one attached hydrogen (secondary N) is 1. The highest BCUT2D eigenvalue weighted by atomic mass is 35.5. The van der Waals surface area contributed by atoms with E-state index in [-0.39, 0.29) is 12.4 Å². The second-order valence-electron chi connectivity index (χ2n) is 7.00. The number of hydrogen-bond acceptors (Lipinski definition) is 3. The van der Waals surface area contributed by atoms with Crippen LogP contribution in [0.5, 0.6) is 0 Å². The Balaban J connectivity index is 0.00000208. The van der Waals surface area contributed by atoms with Crippen LogP contribution in [0.1, 0.15) is 29.5 Å². The van der Waals surface area contributed by atoms with Gasteiger partial charge in [-0.25, -0.2) is 0 Å². The molecule has 1 aromatic carbocycles. The first-order valence-electron chi connectivity index (χ1n) is 8.92. The molecule has 2 heterocycles. The quantitative estimate of drug-likeness (QED) is 0.903. The third-order valence-corrected chi connectivity index (χ3v) is 5.29. The summed E-state index contributed by atoms with van der Waals surface area (Å²) in [4.78, 5) is 17.1. The summed E-state index contributed by atoms with van der Waals surface area (Å²) in [6, 6.07) is 7.09. The fourth-order valence-electron chi connectivity index (χ4n) is 3.84. The molecule has 1 N–H and O–H groups in total. The van der Waals surface area contributed by atoms with E-state index in [0.717, 1.165) is 52.1 Å². The standard InChI is InChI=1S/C19H29N3O.ClH/c1-15-3-4-17(16(2)13-15)5-6-19(23)22-10-7-18(14-22)21-11-8-20-9-12-21;/h3-4,13,18,20H,5-12,14H2,1-2H3;1H. The van der Waals surface area contributed by atoms with Gasteiger partial charge in [0, 0.05) is 51.7 Å². The van der Waals surface area contributed by atoms with Crippen LogP contribution in [0.25, 0.3) is 0 Å². The maximum Gasteiger partial charge on any atom is 0.222 e. The molecule has 0 bridgehead atoms. The van der Waals surface area contributed by atoms with Crippen LogP contribution in [0.15, 0.2) is 18.2 Å². The average Bonchev–Trinajstić information content (AvgIpc) is 3.05. The molecule has 0 aromatic heterocycles. The van der Waals surface area contributed by atoms with Crippen molar-refractivity contribution in [1.29, 1.82) is 0 Å². The molecule has 0 aliphatic carbocycles. The van der Waals surface area contributed by atoms with E-state index < -0.39 is 0 Å². The predicted molar refractivity (Wildman–Crippen MR) is 101 cm³/mol. The molecular formula is C19H30ClN3O. The van der Waals surface area contributed by atoms with Gasteiger partial charge in [-0.1, -0.05) is 23.8 Å². The summed E-state index contributed by atoms with van der Waals surface area (Å²) >= 11 is 0. The van der Waals surface area contributed by atoms with E-state index >= 15 is 0 Å². The van der Waals surface area contributed by atoms with Crippen LogP contribution in [0.3, 0.4) is 0 Å². The lowest BCUT2D eigenvalue weighted by molar-refractivity contribution is -0.130. The lowest BCUT2D eigenvalue weighted by Gasteiger charge is -2.32. The normalized spacial score (nSPS) is 21.6. The van der Waals surface area contributed by atoms with E-state index in [1.807, 2.05) is 0 Å². The molecule has 1 aromatic rings. The number of amides is 1. The van der Waals surface area contributed by atoms with Gasteiger partial charge in [-0.3, -0.25) is 9.69 Å². The Labute approximate surface area is 152 Å². The first kappa shape index (κ1) is 19.2. The lowest BCUT2D eigenvalue weighted by Crippen LogP contribution is -2.49. The molecule has 24 heavy (non-hydrogen) atoms. The zero-order valence-corrected chi connectivity index (χ0v) is 15.7. The van der Waals surface area contributed by atoms with Gasteiger partial charge in [-0.15, -0.1) is 12.4 Å². The number of carbonyl (C=O) groups is 1. The van der Waals surface area contributed by atoms with Crippen molar-refractivity contribution in [2.75, 3.05) is 39.3 Å². The SMILES string of the molecule is Cc1ccc(CCC(=O)N2CCC(N3CCNCC3)C2)c(C)c1.Cl. The molecule has 1 amide bonds. The summed E-state index contributed by atoms with van der Waals surface area (Å²) < 4.78 is 0. The van der Waals surface area contributed by atoms with Gasteiger partial charge in [0.25, 0.3) is 0 Å². The highest BCUT2D eigenvalue weighted by molar-refractivity contribution is 5.85. The summed E-state index contributed by atoms with van der Waals surface area (Å²) in [6.07, 6.45) is 2.63. The molecule has 3 rings (SSSR count). The van der Waals surface area contributed by atoms with Crippen molar-refractivity contribution in [3.63, 3.8) is 0 Å². The minimum Gasteiger partial charge on any atom is -0.341 e. The van der Waals surface area contributed by atoms with Crippen molar-refractivity contribution < 1.29 is 4.79 Å². The van der Waals surface area contributed by atoms with Crippen molar-refractivity contribution in [3.05, 3.63) is 34.9 Å². The molecule has 4 nitrogen and oxygen atoms in total. The molecule has 134 valence electrons. The van der Waals surface area contributed by atoms with E-state index in [2.05, 4.69) is 47.2 Å². The molecule has 1 atom stereocenters. The van der Waals surface area contributed by atoms with Gasteiger partial charge in [-0.05, 0) is 37.8 Å². The molecule has 2 aliphatic rings. The van der Waals surface area contributed by atoms with Crippen molar-refractivity contribution in [3.8, 4) is 0 Å². The van der Waals surface area contributed by atoms with Crippen LogP contribution in [0.4, 0.5) is 0 Å². The number of halogens is 1. The molecule has 0 saturated carbocycles. The van der Waals surface area contributed by atoms with Gasteiger partial charge in [-0.2, -0.15) is 0 Å². The number of likely N-dealkylation sites (tertiary alicyclic amines) is 1. The highest BCUT2D eigenvalue weighted by Crippen LogP contribution is 2.18. The van der Waals surface area contributed by atoms with Gasteiger partial charge in [0.1, 0.15) is 0 Å². The van der Waals surface area contributed by atoms with Crippen LogP contribution >= 0.6 is 12.4 Å². The Kier molecular flexibility index (Phi) is 7.08. The number of aryl methyl sites for hydroxylation is 3.